The van der Waals surface area contributed by atoms with Crippen LogP contribution in [0, 0.1) is 19.8 Å². The van der Waals surface area contributed by atoms with Crippen molar-refractivity contribution in [2.45, 2.75) is 70.8 Å². The van der Waals surface area contributed by atoms with E-state index in [2.05, 4.69) is 30.7 Å². The second-order valence-electron chi connectivity index (χ2n) is 9.15. The Morgan fingerprint density at radius 1 is 1.18 bits per heavy atom. The van der Waals surface area contributed by atoms with E-state index in [1.807, 2.05) is 25.1 Å². The molecule has 1 N–H and O–H groups in total. The number of amides is 1. The number of aryl methyl sites for hydroxylation is 1. The van der Waals surface area contributed by atoms with Gasteiger partial charge in [0.2, 0.25) is 5.91 Å². The van der Waals surface area contributed by atoms with Crippen molar-refractivity contribution < 1.29 is 19.0 Å². The third-order valence-electron chi connectivity index (χ3n) is 6.28. The van der Waals surface area contributed by atoms with Gasteiger partial charge in [-0.05, 0) is 50.3 Å². The number of rotatable bonds is 8. The standard InChI is InChI=1S/C25H35N3O4S/c1-16(2)24(19-8-9-21-22(13-19)32-12-6-11-31-21)27-23(29)15-33-25-26-17(3)18(4)28(25)14-20-7-5-10-30-20/h8-9,13,16,20,24H,5-7,10-12,14-15H2,1-4H3,(H,27,29)/t20-,24+/m0/s1. The lowest BCUT2D eigenvalue weighted by Gasteiger charge is -2.24. The lowest BCUT2D eigenvalue weighted by atomic mass is 9.95. The van der Waals surface area contributed by atoms with Crippen LogP contribution in [0.3, 0.4) is 0 Å². The molecule has 180 valence electrons. The van der Waals surface area contributed by atoms with E-state index in [-0.39, 0.29) is 24.0 Å². The molecule has 0 saturated carbocycles. The number of carbonyl (C=O) groups is 1. The Bertz CT molecular complexity index is 969. The number of nitrogens with zero attached hydrogens (tertiary/aromatic N) is 2. The van der Waals surface area contributed by atoms with Crippen LogP contribution in [-0.2, 0) is 16.1 Å². The minimum absolute atomic E-state index is 0.00668. The molecular weight excluding hydrogens is 438 g/mol. The van der Waals surface area contributed by atoms with E-state index in [1.165, 1.54) is 11.8 Å². The number of benzene rings is 1. The van der Waals surface area contributed by atoms with Gasteiger partial charge in [-0.1, -0.05) is 31.7 Å². The van der Waals surface area contributed by atoms with Gasteiger partial charge in [0.25, 0.3) is 0 Å². The van der Waals surface area contributed by atoms with E-state index in [4.69, 9.17) is 19.2 Å². The van der Waals surface area contributed by atoms with Crippen molar-refractivity contribution in [1.82, 2.24) is 14.9 Å². The first kappa shape index (κ1) is 24.0. The summed E-state index contributed by atoms with van der Waals surface area (Å²) in [6, 6.07) is 5.86. The van der Waals surface area contributed by atoms with Crippen LogP contribution in [0.5, 0.6) is 11.5 Å². The number of ether oxygens (including phenoxy) is 3. The molecule has 1 aromatic carbocycles. The van der Waals surface area contributed by atoms with Gasteiger partial charge in [0.15, 0.2) is 16.7 Å². The first-order valence-electron chi connectivity index (χ1n) is 11.9. The van der Waals surface area contributed by atoms with Gasteiger partial charge in [0, 0.05) is 18.7 Å². The lowest BCUT2D eigenvalue weighted by Crippen LogP contribution is -2.33. The summed E-state index contributed by atoms with van der Waals surface area (Å²) in [5.74, 6) is 2.06. The molecule has 2 aromatic rings. The Labute approximate surface area is 200 Å². The third kappa shape index (κ3) is 5.84. The Morgan fingerprint density at radius 2 is 1.97 bits per heavy atom. The molecule has 0 aliphatic carbocycles. The van der Waals surface area contributed by atoms with Crippen LogP contribution in [0.25, 0.3) is 0 Å². The van der Waals surface area contributed by atoms with E-state index in [9.17, 15) is 4.79 Å². The minimum atomic E-state index is -0.106. The normalized spacial score (nSPS) is 18.9. The molecule has 1 amide bonds. The van der Waals surface area contributed by atoms with Gasteiger partial charge in [-0.15, -0.1) is 0 Å². The van der Waals surface area contributed by atoms with Crippen LogP contribution in [0.1, 0.15) is 56.1 Å². The van der Waals surface area contributed by atoms with Gasteiger partial charge >= 0.3 is 0 Å². The quantitative estimate of drug-likeness (QED) is 0.571. The van der Waals surface area contributed by atoms with Crippen LogP contribution < -0.4 is 14.8 Å². The zero-order valence-corrected chi connectivity index (χ0v) is 20.9. The van der Waals surface area contributed by atoms with Crippen molar-refractivity contribution in [3.8, 4) is 11.5 Å². The van der Waals surface area contributed by atoms with Gasteiger partial charge in [-0.25, -0.2) is 4.98 Å². The molecule has 2 aliphatic heterocycles. The summed E-state index contributed by atoms with van der Waals surface area (Å²) in [4.78, 5) is 17.7. The predicted molar refractivity (Wildman–Crippen MR) is 129 cm³/mol. The summed E-state index contributed by atoms with van der Waals surface area (Å²) in [6.07, 6.45) is 3.29. The van der Waals surface area contributed by atoms with Gasteiger partial charge in [0.1, 0.15) is 0 Å². The highest BCUT2D eigenvalue weighted by atomic mass is 32.2. The number of imidazole rings is 1. The predicted octanol–water partition coefficient (Wildman–Crippen LogP) is 4.45. The van der Waals surface area contributed by atoms with E-state index in [1.54, 1.807) is 0 Å². The molecule has 1 saturated heterocycles. The van der Waals surface area contributed by atoms with Gasteiger partial charge in [-0.2, -0.15) is 0 Å². The number of fused-ring (bicyclic) bond motifs is 1. The highest BCUT2D eigenvalue weighted by Gasteiger charge is 2.23. The average Bonchev–Trinajstić information content (AvgIpc) is 3.31. The SMILES string of the molecule is Cc1nc(SCC(=O)N[C@@H](c2ccc3c(c2)OCCCO3)C(C)C)n(C[C@@H]2CCCO2)c1C. The minimum Gasteiger partial charge on any atom is -0.490 e. The van der Waals surface area contributed by atoms with E-state index >= 15 is 0 Å². The monoisotopic (exact) mass is 473 g/mol. The summed E-state index contributed by atoms with van der Waals surface area (Å²) in [5.41, 5.74) is 3.17. The molecule has 1 fully saturated rings. The molecule has 0 radical (unpaired) electrons. The Hall–Kier alpha value is -2.19. The van der Waals surface area contributed by atoms with Crippen molar-refractivity contribution in [3.05, 3.63) is 35.2 Å². The summed E-state index contributed by atoms with van der Waals surface area (Å²) in [7, 11) is 0. The molecule has 4 rings (SSSR count). The van der Waals surface area contributed by atoms with Gasteiger partial charge < -0.3 is 24.1 Å². The van der Waals surface area contributed by atoms with E-state index in [0.29, 0.717) is 19.0 Å². The van der Waals surface area contributed by atoms with E-state index in [0.717, 1.165) is 66.0 Å². The van der Waals surface area contributed by atoms with Crippen LogP contribution in [0.2, 0.25) is 0 Å². The second kappa shape index (κ2) is 10.8. The molecule has 8 heteroatoms. The summed E-state index contributed by atoms with van der Waals surface area (Å²) in [6.45, 7) is 11.3. The zero-order valence-electron chi connectivity index (χ0n) is 20.1. The molecular formula is C25H35N3O4S. The Morgan fingerprint density at radius 3 is 2.70 bits per heavy atom. The van der Waals surface area contributed by atoms with Gasteiger partial charge in [0.05, 0.1) is 43.4 Å². The number of thioether (sulfide) groups is 1. The van der Waals surface area contributed by atoms with Crippen molar-refractivity contribution in [2.24, 2.45) is 5.92 Å². The van der Waals surface area contributed by atoms with Gasteiger partial charge in [-0.3, -0.25) is 4.79 Å². The fourth-order valence-electron chi connectivity index (χ4n) is 4.29. The van der Waals surface area contributed by atoms with Crippen molar-refractivity contribution in [2.75, 3.05) is 25.6 Å². The molecule has 1 aromatic heterocycles. The fraction of sp³-hybridized carbons (Fsp3) is 0.600. The molecule has 2 atom stereocenters. The van der Waals surface area contributed by atoms with Crippen LogP contribution in [0.15, 0.2) is 23.4 Å². The first-order chi connectivity index (χ1) is 15.9. The number of hydrogen-bond donors (Lipinski definition) is 1. The molecule has 2 aliphatic rings. The summed E-state index contributed by atoms with van der Waals surface area (Å²) >= 11 is 1.49. The van der Waals surface area contributed by atoms with Crippen molar-refractivity contribution in [1.29, 1.82) is 0 Å². The second-order valence-corrected chi connectivity index (χ2v) is 10.1. The summed E-state index contributed by atoms with van der Waals surface area (Å²) in [5, 5.41) is 4.10. The Balaban J connectivity index is 1.41. The molecule has 33 heavy (non-hydrogen) atoms. The van der Waals surface area contributed by atoms with Crippen LogP contribution >= 0.6 is 11.8 Å². The molecule has 0 unspecified atom stereocenters. The van der Waals surface area contributed by atoms with Crippen LogP contribution in [0.4, 0.5) is 0 Å². The maximum absolute atomic E-state index is 12.9. The summed E-state index contributed by atoms with van der Waals surface area (Å²) < 4.78 is 19.6. The van der Waals surface area contributed by atoms with Crippen LogP contribution in [-0.4, -0.2) is 47.1 Å². The molecule has 7 nitrogen and oxygen atoms in total. The maximum Gasteiger partial charge on any atom is 0.230 e. The number of aromatic nitrogens is 2. The zero-order chi connectivity index (χ0) is 23.4. The highest BCUT2D eigenvalue weighted by Crippen LogP contribution is 2.34. The molecule has 3 heterocycles. The van der Waals surface area contributed by atoms with Crippen molar-refractivity contribution >= 4 is 17.7 Å². The van der Waals surface area contributed by atoms with E-state index < -0.39 is 0 Å². The topological polar surface area (TPSA) is 74.6 Å². The smallest absolute Gasteiger partial charge is 0.230 e. The fourth-order valence-corrected chi connectivity index (χ4v) is 5.21. The molecule has 0 bridgehead atoms. The Kier molecular flexibility index (Phi) is 7.86. The molecule has 0 spiro atoms. The first-order valence-corrected chi connectivity index (χ1v) is 12.9. The van der Waals surface area contributed by atoms with Crippen molar-refractivity contribution in [3.63, 3.8) is 0 Å². The number of carbonyl (C=O) groups excluding carboxylic acids is 1. The maximum atomic E-state index is 12.9. The largest absolute Gasteiger partial charge is 0.490 e. The lowest BCUT2D eigenvalue weighted by molar-refractivity contribution is -0.119. The average molecular weight is 474 g/mol. The highest BCUT2D eigenvalue weighted by molar-refractivity contribution is 7.99. The third-order valence-corrected chi connectivity index (χ3v) is 7.26. The number of hydrogen-bond acceptors (Lipinski definition) is 6. The number of nitrogens with one attached hydrogen (secondary N) is 1.